The average molecular weight is 759 g/mol. The third-order valence-electron chi connectivity index (χ3n) is 11.5. The van der Waals surface area contributed by atoms with Crippen molar-refractivity contribution in [1.29, 1.82) is 5.26 Å². The number of carbonyl (C=O) groups excluding carboxylic acids is 1. The van der Waals surface area contributed by atoms with E-state index in [0.717, 1.165) is 60.3 Å². The van der Waals surface area contributed by atoms with Crippen molar-refractivity contribution in [1.82, 2.24) is 0 Å². The number of ether oxygens (including phenoxy) is 1. The minimum absolute atomic E-state index is 0.114. The number of carboxylic acids is 1. The third kappa shape index (κ3) is 5.75. The van der Waals surface area contributed by atoms with E-state index in [2.05, 4.69) is 105 Å². The number of rotatable bonds is 10. The summed E-state index contributed by atoms with van der Waals surface area (Å²) in [6.07, 6.45) is 5.40. The summed E-state index contributed by atoms with van der Waals surface area (Å²) in [4.78, 5) is 25.5. The van der Waals surface area contributed by atoms with Gasteiger partial charge in [0.25, 0.3) is 6.47 Å². The molecular formula is C48H41ClN3O4+. The fraction of sp³-hybridized carbons (Fsp3) is 0.208. The summed E-state index contributed by atoms with van der Waals surface area (Å²) in [7, 11) is 0. The molecule has 2 heterocycles. The predicted molar refractivity (Wildman–Crippen MR) is 226 cm³/mol. The first-order chi connectivity index (χ1) is 27.0. The van der Waals surface area contributed by atoms with Crippen LogP contribution < -0.4 is 4.90 Å². The molecule has 8 rings (SSSR count). The minimum Gasteiger partial charge on any atom is -0.481 e. The van der Waals surface area contributed by atoms with Gasteiger partial charge >= 0.3 is 5.97 Å². The van der Waals surface area contributed by atoms with Crippen LogP contribution >= 0.6 is 11.6 Å². The Morgan fingerprint density at radius 2 is 1.32 bits per heavy atom. The number of fused-ring (bicyclic) bond motifs is 12. The van der Waals surface area contributed by atoms with Crippen molar-refractivity contribution in [2.45, 2.75) is 44.9 Å². The molecule has 0 saturated heterocycles. The van der Waals surface area contributed by atoms with Crippen LogP contribution in [-0.4, -0.2) is 47.5 Å². The highest BCUT2D eigenvalue weighted by atomic mass is 35.5. The standard InChI is InChI=1S/C48H40ClN3O4/c1-47(2)40(51(25-26-56-29-53)44-38-19-11-7-15-34(38)32-13-5-9-17-36(32)42(44)47)22-21-31(49)27-30(28-50)46-48(3,4)43-37-18-10-6-14-33(37)35-16-8-12-20-39(35)45(43)52(46)24-23-41(54)55/h5-22,27,29H,23-26H2,1-4H3/p+1. The maximum atomic E-state index is 12.0. The van der Waals surface area contributed by atoms with Crippen LogP contribution in [0.3, 0.4) is 0 Å². The van der Waals surface area contributed by atoms with E-state index in [1.807, 2.05) is 47.1 Å². The van der Waals surface area contributed by atoms with Gasteiger partial charge in [0, 0.05) is 27.1 Å². The number of halogens is 1. The molecule has 0 amide bonds. The van der Waals surface area contributed by atoms with Crippen LogP contribution in [0.5, 0.6) is 0 Å². The number of hydrogen-bond acceptors (Lipinski definition) is 5. The van der Waals surface area contributed by atoms with Crippen molar-refractivity contribution >= 4 is 84.2 Å². The Hall–Kier alpha value is -6.23. The Labute approximate surface area is 330 Å². The van der Waals surface area contributed by atoms with Gasteiger partial charge in [0.2, 0.25) is 11.4 Å². The second-order valence-corrected chi connectivity index (χ2v) is 15.9. The average Bonchev–Trinajstić information content (AvgIpc) is 3.57. The number of benzene rings is 6. The van der Waals surface area contributed by atoms with Crippen molar-refractivity contribution in [3.63, 3.8) is 0 Å². The highest BCUT2D eigenvalue weighted by Gasteiger charge is 2.50. The molecule has 2 aliphatic heterocycles. The number of nitrogens with zero attached hydrogens (tertiary/aromatic N) is 3. The third-order valence-corrected chi connectivity index (χ3v) is 11.7. The summed E-state index contributed by atoms with van der Waals surface area (Å²) < 4.78 is 7.27. The lowest BCUT2D eigenvalue weighted by Crippen LogP contribution is -2.31. The molecule has 0 fully saturated rings. The number of anilines is 1. The molecule has 0 radical (unpaired) electrons. The number of carbonyl (C=O) groups is 2. The summed E-state index contributed by atoms with van der Waals surface area (Å²) in [5.41, 5.74) is 5.08. The number of nitriles is 1. The molecule has 1 N–H and O–H groups in total. The van der Waals surface area contributed by atoms with Gasteiger partial charge in [0.1, 0.15) is 24.7 Å². The van der Waals surface area contributed by atoms with Crippen molar-refractivity contribution in [2.24, 2.45) is 0 Å². The number of aliphatic carboxylic acids is 1. The normalized spacial score (nSPS) is 16.9. The van der Waals surface area contributed by atoms with Gasteiger partial charge < -0.3 is 14.7 Å². The number of carboxylic acid groups (broad SMARTS) is 1. The molecule has 0 aromatic heterocycles. The van der Waals surface area contributed by atoms with Gasteiger partial charge in [-0.15, -0.1) is 0 Å². The second-order valence-electron chi connectivity index (χ2n) is 15.4. The molecule has 0 bridgehead atoms. The van der Waals surface area contributed by atoms with Gasteiger partial charge in [-0.3, -0.25) is 9.59 Å². The Morgan fingerprint density at radius 1 is 0.804 bits per heavy atom. The summed E-state index contributed by atoms with van der Waals surface area (Å²) in [6.45, 7) is 9.86. The second kappa shape index (κ2) is 14.1. The Balaban J connectivity index is 1.30. The topological polar surface area (TPSA) is 93.6 Å². The van der Waals surface area contributed by atoms with Gasteiger partial charge in [-0.2, -0.15) is 9.84 Å². The molecule has 6 aromatic rings. The van der Waals surface area contributed by atoms with E-state index in [1.54, 1.807) is 6.08 Å². The van der Waals surface area contributed by atoms with Crippen LogP contribution in [0.1, 0.15) is 45.2 Å². The van der Waals surface area contributed by atoms with Crippen molar-refractivity contribution in [2.75, 3.05) is 24.6 Å². The Morgan fingerprint density at radius 3 is 1.89 bits per heavy atom. The quantitative estimate of drug-likeness (QED) is 0.0373. The van der Waals surface area contributed by atoms with Crippen LogP contribution in [0, 0.1) is 11.3 Å². The lowest BCUT2D eigenvalue weighted by molar-refractivity contribution is -0.435. The van der Waals surface area contributed by atoms with E-state index in [0.29, 0.717) is 29.3 Å². The van der Waals surface area contributed by atoms with Gasteiger partial charge in [0.15, 0.2) is 6.54 Å². The van der Waals surface area contributed by atoms with Crippen LogP contribution in [0.2, 0.25) is 0 Å². The summed E-state index contributed by atoms with van der Waals surface area (Å²) in [6, 6.07) is 35.7. The van der Waals surface area contributed by atoms with E-state index in [9.17, 15) is 20.0 Å². The van der Waals surface area contributed by atoms with E-state index in [1.165, 1.54) is 10.9 Å². The molecule has 6 aromatic carbocycles. The molecular weight excluding hydrogens is 718 g/mol. The summed E-state index contributed by atoms with van der Waals surface area (Å²) in [5, 5.41) is 29.9. The van der Waals surface area contributed by atoms with E-state index < -0.39 is 16.8 Å². The molecule has 56 heavy (non-hydrogen) atoms. The molecule has 2 aliphatic rings. The van der Waals surface area contributed by atoms with Gasteiger partial charge in [0.05, 0.1) is 23.0 Å². The molecule has 7 nitrogen and oxygen atoms in total. The zero-order valence-electron chi connectivity index (χ0n) is 31.8. The first kappa shape index (κ1) is 36.7. The van der Waals surface area contributed by atoms with Gasteiger partial charge in [-0.1, -0.05) is 116 Å². The molecule has 0 spiro atoms. The zero-order valence-corrected chi connectivity index (χ0v) is 32.5. The highest BCUT2D eigenvalue weighted by Crippen LogP contribution is 2.54. The summed E-state index contributed by atoms with van der Waals surface area (Å²) in [5.74, 6) is -0.920. The summed E-state index contributed by atoms with van der Waals surface area (Å²) >= 11 is 7.12. The number of allylic oxidation sites excluding steroid dienone is 6. The SMILES string of the molecule is CC1(C)C(/C(C#N)=C/C(Cl)=C/C=C2\N(CCOC=O)c3c(c4ccccc4c4ccccc34)C2(C)C)=[N+](CCC(=O)O)c2c1c1ccccc1c1ccccc21. The zero-order chi connectivity index (χ0) is 39.4. The Kier molecular flexibility index (Phi) is 9.26. The van der Waals surface area contributed by atoms with Crippen LogP contribution in [0.25, 0.3) is 43.1 Å². The van der Waals surface area contributed by atoms with Crippen LogP contribution in [-0.2, 0) is 25.2 Å². The largest absolute Gasteiger partial charge is 0.481 e. The first-order valence-electron chi connectivity index (χ1n) is 18.8. The Bertz CT molecular complexity index is 2820. The van der Waals surface area contributed by atoms with Gasteiger partial charge in [-0.25, -0.2) is 0 Å². The number of hydrogen-bond donors (Lipinski definition) is 1. The van der Waals surface area contributed by atoms with Crippen LogP contribution in [0.15, 0.2) is 132 Å². The molecule has 0 atom stereocenters. The lowest BCUT2D eigenvalue weighted by atomic mass is 9.76. The maximum absolute atomic E-state index is 12.0. The highest BCUT2D eigenvalue weighted by molar-refractivity contribution is 6.32. The van der Waals surface area contributed by atoms with Crippen molar-refractivity contribution in [3.05, 3.63) is 143 Å². The maximum Gasteiger partial charge on any atom is 0.309 e. The fourth-order valence-electron chi connectivity index (χ4n) is 9.36. The van der Waals surface area contributed by atoms with E-state index in [4.69, 9.17) is 16.3 Å². The van der Waals surface area contributed by atoms with Crippen LogP contribution in [0.4, 0.5) is 11.4 Å². The van der Waals surface area contributed by atoms with E-state index >= 15 is 0 Å². The van der Waals surface area contributed by atoms with Gasteiger partial charge in [-0.05, 0) is 76.0 Å². The monoisotopic (exact) mass is 758 g/mol. The first-order valence-corrected chi connectivity index (χ1v) is 19.2. The molecule has 0 saturated carbocycles. The van der Waals surface area contributed by atoms with E-state index in [-0.39, 0.29) is 19.6 Å². The van der Waals surface area contributed by atoms with Crippen molar-refractivity contribution < 1.29 is 24.0 Å². The molecule has 8 heteroatoms. The molecule has 0 unspecified atom stereocenters. The lowest BCUT2D eigenvalue weighted by Gasteiger charge is -2.27. The molecule has 278 valence electrons. The molecule has 0 aliphatic carbocycles. The predicted octanol–water partition coefficient (Wildman–Crippen LogP) is 10.6. The minimum atomic E-state index is -0.920. The van der Waals surface area contributed by atoms with Crippen molar-refractivity contribution in [3.8, 4) is 6.07 Å². The fourth-order valence-corrected chi connectivity index (χ4v) is 9.53. The smallest absolute Gasteiger partial charge is 0.309 e.